The Morgan fingerprint density at radius 2 is 1.95 bits per heavy atom. The predicted molar refractivity (Wildman–Crippen MR) is 93.9 cm³/mol. The maximum Gasteiger partial charge on any atom is 0.101 e. The van der Waals surface area contributed by atoms with Gasteiger partial charge in [-0.2, -0.15) is 0 Å². The molecular formula is C18H26N2S. The van der Waals surface area contributed by atoms with Crippen LogP contribution < -0.4 is 5.32 Å². The van der Waals surface area contributed by atoms with E-state index in [0.717, 1.165) is 25.0 Å². The third-order valence-electron chi connectivity index (χ3n) is 3.52. The molecule has 2 rings (SSSR count). The summed E-state index contributed by atoms with van der Waals surface area (Å²) in [7, 11) is 0. The van der Waals surface area contributed by atoms with E-state index in [9.17, 15) is 0 Å². The Balaban J connectivity index is 2.27. The molecule has 2 aromatic rings. The summed E-state index contributed by atoms with van der Waals surface area (Å²) in [5.41, 5.74) is 2.41. The molecule has 2 nitrogen and oxygen atoms in total. The number of thioether (sulfide) groups is 1. The van der Waals surface area contributed by atoms with Crippen LogP contribution in [0.1, 0.15) is 39.7 Å². The lowest BCUT2D eigenvalue weighted by atomic mass is 10.1. The number of pyridine rings is 1. The van der Waals surface area contributed by atoms with Gasteiger partial charge in [-0.25, -0.2) is 4.98 Å². The van der Waals surface area contributed by atoms with Gasteiger partial charge in [0.05, 0.1) is 5.52 Å². The van der Waals surface area contributed by atoms with Gasteiger partial charge >= 0.3 is 0 Å². The molecule has 0 radical (unpaired) electrons. The number of hydrogen-bond donors (Lipinski definition) is 1. The molecule has 0 saturated carbocycles. The molecule has 1 heterocycles. The average molecular weight is 302 g/mol. The van der Waals surface area contributed by atoms with E-state index in [1.54, 1.807) is 0 Å². The fourth-order valence-electron chi connectivity index (χ4n) is 2.14. The zero-order valence-electron chi connectivity index (χ0n) is 13.5. The van der Waals surface area contributed by atoms with Crippen LogP contribution in [0.25, 0.3) is 10.9 Å². The minimum absolute atomic E-state index is 0.600. The highest BCUT2D eigenvalue weighted by molar-refractivity contribution is 7.99. The standard InChI is InChI=1S/C18H26N2S/c1-5-14(4)21-18-16(12-19-11-13(2)3)10-15-8-6-7-9-17(15)20-18/h6-10,13-14,19H,5,11-12H2,1-4H3. The van der Waals surface area contributed by atoms with Crippen molar-refractivity contribution in [2.24, 2.45) is 5.92 Å². The Morgan fingerprint density at radius 1 is 1.19 bits per heavy atom. The molecule has 3 heteroatoms. The Hall–Kier alpha value is -1.06. The van der Waals surface area contributed by atoms with Crippen molar-refractivity contribution in [2.45, 2.75) is 50.9 Å². The summed E-state index contributed by atoms with van der Waals surface area (Å²) in [5, 5.41) is 6.55. The van der Waals surface area contributed by atoms with Crippen LogP contribution in [-0.2, 0) is 6.54 Å². The van der Waals surface area contributed by atoms with Gasteiger partial charge < -0.3 is 5.32 Å². The van der Waals surface area contributed by atoms with Crippen LogP contribution >= 0.6 is 11.8 Å². The van der Waals surface area contributed by atoms with Crippen molar-refractivity contribution in [3.05, 3.63) is 35.9 Å². The quantitative estimate of drug-likeness (QED) is 0.739. The third-order valence-corrected chi connectivity index (χ3v) is 4.83. The first-order chi connectivity index (χ1) is 10.1. The Bertz CT molecular complexity index is 580. The van der Waals surface area contributed by atoms with Crippen LogP contribution in [0.15, 0.2) is 35.4 Å². The number of nitrogens with one attached hydrogen (secondary N) is 1. The van der Waals surface area contributed by atoms with Crippen LogP contribution in [-0.4, -0.2) is 16.8 Å². The highest BCUT2D eigenvalue weighted by Gasteiger charge is 2.11. The molecule has 1 atom stereocenters. The zero-order valence-corrected chi connectivity index (χ0v) is 14.3. The van der Waals surface area contributed by atoms with Crippen molar-refractivity contribution < 1.29 is 0 Å². The van der Waals surface area contributed by atoms with E-state index >= 15 is 0 Å². The molecule has 0 saturated heterocycles. The average Bonchev–Trinajstić information content (AvgIpc) is 2.47. The van der Waals surface area contributed by atoms with Crippen molar-refractivity contribution in [3.63, 3.8) is 0 Å². The molecular weight excluding hydrogens is 276 g/mol. The van der Waals surface area contributed by atoms with E-state index in [1.807, 2.05) is 11.8 Å². The molecule has 1 aromatic carbocycles. The van der Waals surface area contributed by atoms with Crippen LogP contribution in [0.2, 0.25) is 0 Å². The SMILES string of the molecule is CCC(C)Sc1nc2ccccc2cc1CNCC(C)C. The van der Waals surface area contributed by atoms with Crippen molar-refractivity contribution in [2.75, 3.05) is 6.54 Å². The molecule has 0 spiro atoms. The molecule has 0 bridgehead atoms. The Kier molecular flexibility index (Phi) is 6.07. The summed E-state index contributed by atoms with van der Waals surface area (Å²) in [6.45, 7) is 10.9. The van der Waals surface area contributed by atoms with E-state index in [-0.39, 0.29) is 0 Å². The highest BCUT2D eigenvalue weighted by atomic mass is 32.2. The van der Waals surface area contributed by atoms with E-state index in [2.05, 4.69) is 63.3 Å². The largest absolute Gasteiger partial charge is 0.312 e. The second kappa shape index (κ2) is 7.81. The Labute approximate surface area is 132 Å². The third kappa shape index (κ3) is 4.72. The van der Waals surface area contributed by atoms with Crippen LogP contribution in [0.4, 0.5) is 0 Å². The molecule has 0 amide bonds. The predicted octanol–water partition coefficient (Wildman–Crippen LogP) is 4.87. The number of rotatable bonds is 7. The minimum Gasteiger partial charge on any atom is -0.312 e. The highest BCUT2D eigenvalue weighted by Crippen LogP contribution is 2.29. The number of nitrogens with zero attached hydrogens (tertiary/aromatic N) is 1. The lowest BCUT2D eigenvalue weighted by Crippen LogP contribution is -2.19. The van der Waals surface area contributed by atoms with E-state index in [1.165, 1.54) is 16.0 Å². The summed E-state index contributed by atoms with van der Waals surface area (Å²) in [6.07, 6.45) is 1.16. The molecule has 0 aliphatic carbocycles. The molecule has 0 aliphatic heterocycles. The normalized spacial score (nSPS) is 13.0. The van der Waals surface area contributed by atoms with Gasteiger partial charge in [0, 0.05) is 17.2 Å². The fraction of sp³-hybridized carbons (Fsp3) is 0.500. The monoisotopic (exact) mass is 302 g/mol. The van der Waals surface area contributed by atoms with Gasteiger partial charge in [0.2, 0.25) is 0 Å². The van der Waals surface area contributed by atoms with Gasteiger partial charge in [-0.05, 0) is 36.6 Å². The van der Waals surface area contributed by atoms with Gasteiger partial charge in [0.1, 0.15) is 5.03 Å². The molecule has 0 fully saturated rings. The maximum atomic E-state index is 4.88. The van der Waals surface area contributed by atoms with Gasteiger partial charge in [-0.15, -0.1) is 11.8 Å². The molecule has 0 aliphatic rings. The summed E-state index contributed by atoms with van der Waals surface area (Å²) in [6, 6.07) is 10.7. The lowest BCUT2D eigenvalue weighted by Gasteiger charge is -2.15. The van der Waals surface area contributed by atoms with Crippen molar-refractivity contribution >= 4 is 22.7 Å². The second-order valence-electron chi connectivity index (χ2n) is 6.01. The molecule has 1 unspecified atom stereocenters. The first kappa shape index (κ1) is 16.3. The van der Waals surface area contributed by atoms with Crippen LogP contribution in [0.5, 0.6) is 0 Å². The van der Waals surface area contributed by atoms with Gasteiger partial charge in [-0.1, -0.05) is 45.9 Å². The molecule has 21 heavy (non-hydrogen) atoms. The van der Waals surface area contributed by atoms with E-state index < -0.39 is 0 Å². The smallest absolute Gasteiger partial charge is 0.101 e. The molecule has 1 N–H and O–H groups in total. The van der Waals surface area contributed by atoms with Crippen molar-refractivity contribution in [1.82, 2.24) is 10.3 Å². The van der Waals surface area contributed by atoms with Gasteiger partial charge in [0.25, 0.3) is 0 Å². The van der Waals surface area contributed by atoms with Crippen LogP contribution in [0, 0.1) is 5.92 Å². The van der Waals surface area contributed by atoms with Gasteiger partial charge in [-0.3, -0.25) is 0 Å². The summed E-state index contributed by atoms with van der Waals surface area (Å²) in [5.74, 6) is 0.670. The second-order valence-corrected chi connectivity index (χ2v) is 7.43. The van der Waals surface area contributed by atoms with Crippen molar-refractivity contribution in [3.8, 4) is 0 Å². The molecule has 1 aromatic heterocycles. The summed E-state index contributed by atoms with van der Waals surface area (Å²) in [4.78, 5) is 4.88. The first-order valence-electron chi connectivity index (χ1n) is 7.86. The number of fused-ring (bicyclic) bond motifs is 1. The molecule has 114 valence electrons. The number of aromatic nitrogens is 1. The maximum absolute atomic E-state index is 4.88. The van der Waals surface area contributed by atoms with Gasteiger partial charge in [0.15, 0.2) is 0 Å². The van der Waals surface area contributed by atoms with E-state index in [4.69, 9.17) is 4.98 Å². The Morgan fingerprint density at radius 3 is 2.67 bits per heavy atom. The zero-order chi connectivity index (χ0) is 15.2. The summed E-state index contributed by atoms with van der Waals surface area (Å²) < 4.78 is 0. The summed E-state index contributed by atoms with van der Waals surface area (Å²) >= 11 is 1.89. The number of benzene rings is 1. The minimum atomic E-state index is 0.600. The van der Waals surface area contributed by atoms with E-state index in [0.29, 0.717) is 11.2 Å². The van der Waals surface area contributed by atoms with Crippen molar-refractivity contribution in [1.29, 1.82) is 0 Å². The lowest BCUT2D eigenvalue weighted by molar-refractivity contribution is 0.549. The fourth-order valence-corrected chi connectivity index (χ4v) is 3.12. The first-order valence-corrected chi connectivity index (χ1v) is 8.74. The van der Waals surface area contributed by atoms with Crippen LogP contribution in [0.3, 0.4) is 0 Å². The number of hydrogen-bond acceptors (Lipinski definition) is 3. The number of para-hydroxylation sites is 1. The topological polar surface area (TPSA) is 24.9 Å².